The van der Waals surface area contributed by atoms with Gasteiger partial charge in [0.05, 0.1) is 23.5 Å². The smallest absolute Gasteiger partial charge is 0.255 e. The fourth-order valence-corrected chi connectivity index (χ4v) is 2.75. The summed E-state index contributed by atoms with van der Waals surface area (Å²) in [5, 5.41) is 9.61. The number of benzene rings is 2. The highest BCUT2D eigenvalue weighted by molar-refractivity contribution is 9.10. The van der Waals surface area contributed by atoms with Crippen molar-refractivity contribution in [2.45, 2.75) is 6.54 Å². The van der Waals surface area contributed by atoms with E-state index in [0.717, 1.165) is 4.47 Å². The summed E-state index contributed by atoms with van der Waals surface area (Å²) < 4.78 is 7.55. The number of amides is 2. The Kier molecular flexibility index (Phi) is 5.87. The fourth-order valence-electron chi connectivity index (χ4n) is 2.42. The van der Waals surface area contributed by atoms with Gasteiger partial charge in [0.1, 0.15) is 12.3 Å². The van der Waals surface area contributed by atoms with E-state index >= 15 is 0 Å². The Morgan fingerprint density at radius 3 is 2.52 bits per heavy atom. The SMILES string of the molecule is COc1ccccc1NC(=O)c1ccc(NC(=O)Cn2cc(Br)cn2)cc1. The first kappa shape index (κ1) is 18.7. The van der Waals surface area contributed by atoms with Gasteiger partial charge in [-0.3, -0.25) is 14.3 Å². The number of hydrogen-bond acceptors (Lipinski definition) is 4. The first-order valence-corrected chi connectivity index (χ1v) is 8.86. The molecule has 8 heteroatoms. The molecule has 0 spiro atoms. The Labute approximate surface area is 164 Å². The number of carbonyl (C=O) groups excluding carboxylic acids is 2. The second-order valence-corrected chi connectivity index (χ2v) is 6.55. The lowest BCUT2D eigenvalue weighted by molar-refractivity contribution is -0.116. The van der Waals surface area contributed by atoms with Gasteiger partial charge < -0.3 is 15.4 Å². The fraction of sp³-hybridized carbons (Fsp3) is 0.105. The molecule has 3 aromatic rings. The van der Waals surface area contributed by atoms with Crippen LogP contribution in [0.3, 0.4) is 0 Å². The molecule has 1 heterocycles. The van der Waals surface area contributed by atoms with Crippen molar-refractivity contribution in [3.05, 3.63) is 71.0 Å². The van der Waals surface area contributed by atoms with E-state index in [1.54, 1.807) is 55.9 Å². The number of aromatic nitrogens is 2. The number of nitrogens with zero attached hydrogens (tertiary/aromatic N) is 2. The van der Waals surface area contributed by atoms with Gasteiger partial charge in [-0.25, -0.2) is 0 Å². The number of hydrogen-bond donors (Lipinski definition) is 2. The minimum atomic E-state index is -0.265. The van der Waals surface area contributed by atoms with Gasteiger partial charge in [0.25, 0.3) is 5.91 Å². The lowest BCUT2D eigenvalue weighted by atomic mass is 10.2. The summed E-state index contributed by atoms with van der Waals surface area (Å²) in [4.78, 5) is 24.4. The molecule has 7 nitrogen and oxygen atoms in total. The Bertz CT molecular complexity index is 954. The maximum absolute atomic E-state index is 12.4. The van der Waals surface area contributed by atoms with Crippen LogP contribution >= 0.6 is 15.9 Å². The number of para-hydroxylation sites is 2. The summed E-state index contributed by atoms with van der Waals surface area (Å²) in [7, 11) is 1.55. The van der Waals surface area contributed by atoms with Gasteiger partial charge in [0.2, 0.25) is 5.91 Å². The zero-order valence-corrected chi connectivity index (χ0v) is 16.1. The van der Waals surface area contributed by atoms with Crippen LogP contribution in [0.15, 0.2) is 65.4 Å². The summed E-state index contributed by atoms with van der Waals surface area (Å²) in [5.74, 6) is 0.107. The van der Waals surface area contributed by atoms with Crippen LogP contribution < -0.4 is 15.4 Å². The summed E-state index contributed by atoms with van der Waals surface area (Å²) in [6.07, 6.45) is 3.33. The lowest BCUT2D eigenvalue weighted by Gasteiger charge is -2.10. The molecule has 0 unspecified atom stereocenters. The van der Waals surface area contributed by atoms with Crippen molar-refractivity contribution in [3.8, 4) is 5.75 Å². The number of ether oxygens (including phenoxy) is 1. The predicted octanol–water partition coefficient (Wildman–Crippen LogP) is 3.55. The molecule has 1 aromatic heterocycles. The van der Waals surface area contributed by atoms with E-state index in [4.69, 9.17) is 4.74 Å². The summed E-state index contributed by atoms with van der Waals surface area (Å²) in [5.41, 5.74) is 1.66. The van der Waals surface area contributed by atoms with E-state index in [1.807, 2.05) is 12.1 Å². The molecule has 0 saturated carbocycles. The van der Waals surface area contributed by atoms with Gasteiger partial charge in [-0.15, -0.1) is 0 Å². The molecule has 138 valence electrons. The van der Waals surface area contributed by atoms with Crippen LogP contribution in [-0.4, -0.2) is 28.7 Å². The van der Waals surface area contributed by atoms with E-state index in [9.17, 15) is 9.59 Å². The Hall–Kier alpha value is -3.13. The minimum Gasteiger partial charge on any atom is -0.495 e. The third-order valence-corrected chi connectivity index (χ3v) is 4.10. The van der Waals surface area contributed by atoms with Gasteiger partial charge in [-0.2, -0.15) is 5.10 Å². The summed E-state index contributed by atoms with van der Waals surface area (Å²) in [6.45, 7) is 0.0988. The molecule has 27 heavy (non-hydrogen) atoms. The largest absolute Gasteiger partial charge is 0.495 e. The molecule has 0 aliphatic carbocycles. The minimum absolute atomic E-state index is 0.0988. The van der Waals surface area contributed by atoms with Crippen molar-refractivity contribution in [2.24, 2.45) is 0 Å². The predicted molar refractivity (Wildman–Crippen MR) is 106 cm³/mol. The number of anilines is 2. The number of carbonyl (C=O) groups is 2. The molecule has 0 atom stereocenters. The molecule has 0 bridgehead atoms. The average Bonchev–Trinajstić information content (AvgIpc) is 3.07. The third-order valence-electron chi connectivity index (χ3n) is 3.69. The molecule has 2 N–H and O–H groups in total. The van der Waals surface area contributed by atoms with Gasteiger partial charge >= 0.3 is 0 Å². The van der Waals surface area contributed by atoms with E-state index in [1.165, 1.54) is 4.68 Å². The van der Waals surface area contributed by atoms with E-state index in [0.29, 0.717) is 22.7 Å². The molecule has 0 saturated heterocycles. The molecule has 0 aliphatic heterocycles. The van der Waals surface area contributed by atoms with Crippen molar-refractivity contribution in [1.29, 1.82) is 0 Å². The average molecular weight is 429 g/mol. The van der Waals surface area contributed by atoms with Gasteiger partial charge in [-0.1, -0.05) is 12.1 Å². The molecule has 3 rings (SSSR count). The van der Waals surface area contributed by atoms with Crippen LogP contribution in [0, 0.1) is 0 Å². The number of halogens is 1. The first-order chi connectivity index (χ1) is 13.0. The van der Waals surface area contributed by atoms with Gasteiger partial charge in [0.15, 0.2) is 0 Å². The molecule has 0 radical (unpaired) electrons. The molecule has 2 aromatic carbocycles. The monoisotopic (exact) mass is 428 g/mol. The molecule has 2 amide bonds. The van der Waals surface area contributed by atoms with Crippen LogP contribution in [0.4, 0.5) is 11.4 Å². The molecule has 0 fully saturated rings. The highest BCUT2D eigenvalue weighted by Gasteiger charge is 2.10. The summed E-state index contributed by atoms with van der Waals surface area (Å²) >= 11 is 3.28. The second kappa shape index (κ2) is 8.50. The van der Waals surface area contributed by atoms with Crippen LogP contribution in [0.5, 0.6) is 5.75 Å². The van der Waals surface area contributed by atoms with Gasteiger partial charge in [0, 0.05) is 17.4 Å². The first-order valence-electron chi connectivity index (χ1n) is 8.07. The van der Waals surface area contributed by atoms with Crippen LogP contribution in [0.25, 0.3) is 0 Å². The number of rotatable bonds is 6. The molecular weight excluding hydrogens is 412 g/mol. The Morgan fingerprint density at radius 2 is 1.85 bits per heavy atom. The number of nitrogens with one attached hydrogen (secondary N) is 2. The highest BCUT2D eigenvalue weighted by Crippen LogP contribution is 2.23. The van der Waals surface area contributed by atoms with Crippen molar-refractivity contribution in [2.75, 3.05) is 17.7 Å². The van der Waals surface area contributed by atoms with E-state index < -0.39 is 0 Å². The molecular formula is C19H17BrN4O3. The summed E-state index contributed by atoms with van der Waals surface area (Å²) in [6, 6.07) is 13.8. The second-order valence-electron chi connectivity index (χ2n) is 5.64. The van der Waals surface area contributed by atoms with Crippen molar-refractivity contribution < 1.29 is 14.3 Å². The van der Waals surface area contributed by atoms with Crippen molar-refractivity contribution >= 4 is 39.1 Å². The van der Waals surface area contributed by atoms with Crippen LogP contribution in [-0.2, 0) is 11.3 Å². The van der Waals surface area contributed by atoms with E-state index in [2.05, 4.69) is 31.7 Å². The standard InChI is InChI=1S/C19H17BrN4O3/c1-27-17-5-3-2-4-16(17)23-19(26)13-6-8-15(9-7-13)22-18(25)12-24-11-14(20)10-21-24/h2-11H,12H2,1H3,(H,22,25)(H,23,26). The van der Waals surface area contributed by atoms with Crippen LogP contribution in [0.1, 0.15) is 10.4 Å². The number of methoxy groups -OCH3 is 1. The Balaban J connectivity index is 1.61. The van der Waals surface area contributed by atoms with Gasteiger partial charge in [-0.05, 0) is 52.3 Å². The zero-order chi connectivity index (χ0) is 19.2. The van der Waals surface area contributed by atoms with Crippen molar-refractivity contribution in [3.63, 3.8) is 0 Å². The third kappa shape index (κ3) is 4.95. The zero-order valence-electron chi connectivity index (χ0n) is 14.5. The lowest BCUT2D eigenvalue weighted by Crippen LogP contribution is -2.19. The maximum Gasteiger partial charge on any atom is 0.255 e. The van der Waals surface area contributed by atoms with Crippen molar-refractivity contribution in [1.82, 2.24) is 9.78 Å². The Morgan fingerprint density at radius 1 is 1.11 bits per heavy atom. The van der Waals surface area contributed by atoms with E-state index in [-0.39, 0.29) is 18.4 Å². The molecule has 0 aliphatic rings. The highest BCUT2D eigenvalue weighted by atomic mass is 79.9. The van der Waals surface area contributed by atoms with Crippen LogP contribution in [0.2, 0.25) is 0 Å². The normalized spacial score (nSPS) is 10.3. The topological polar surface area (TPSA) is 85.3 Å². The maximum atomic E-state index is 12.4. The quantitative estimate of drug-likeness (QED) is 0.628.